The van der Waals surface area contributed by atoms with Crippen LogP contribution in [0.15, 0.2) is 0 Å². The van der Waals surface area contributed by atoms with Crippen LogP contribution in [0, 0.1) is 0 Å². The molecular weight excluding hydrogens is 326 g/mol. The lowest BCUT2D eigenvalue weighted by atomic mass is 10.1. The third-order valence-electron chi connectivity index (χ3n) is 4.72. The normalized spacial score (nSPS) is 12.8. The summed E-state index contributed by atoms with van der Waals surface area (Å²) in [5.41, 5.74) is 0. The number of rotatable bonds is 20. The van der Waals surface area contributed by atoms with E-state index < -0.39 is 0 Å². The van der Waals surface area contributed by atoms with Crippen molar-refractivity contribution in [1.29, 1.82) is 0 Å². The summed E-state index contributed by atoms with van der Waals surface area (Å²) >= 11 is 2.11. The summed E-state index contributed by atoms with van der Waals surface area (Å²) in [6.07, 6.45) is 16.3. The quantitative estimate of drug-likeness (QED) is 0.166. The fraction of sp³-hybridized carbons (Fsp3) is 1.00. The van der Waals surface area contributed by atoms with Crippen molar-refractivity contribution < 1.29 is 4.74 Å². The van der Waals surface area contributed by atoms with Crippen molar-refractivity contribution >= 4 is 11.8 Å². The maximum absolute atomic E-state index is 6.38. The largest absolute Gasteiger partial charge is 0.362 e. The van der Waals surface area contributed by atoms with Gasteiger partial charge in [-0.2, -0.15) is 11.8 Å². The van der Waals surface area contributed by atoms with Gasteiger partial charge in [0.05, 0.1) is 12.8 Å². The molecule has 0 spiro atoms. The third-order valence-corrected chi connectivity index (χ3v) is 5.91. The van der Waals surface area contributed by atoms with Crippen molar-refractivity contribution in [2.45, 2.75) is 111 Å². The summed E-state index contributed by atoms with van der Waals surface area (Å²) in [5, 5.41) is 0. The minimum absolute atomic E-state index is 0.452. The summed E-state index contributed by atoms with van der Waals surface area (Å²) in [4.78, 5) is 2.53. The molecule has 0 aliphatic carbocycles. The van der Waals surface area contributed by atoms with E-state index in [4.69, 9.17) is 4.74 Å². The Balaban J connectivity index is 4.13. The highest BCUT2D eigenvalue weighted by Gasteiger charge is 2.12. The van der Waals surface area contributed by atoms with Gasteiger partial charge in [-0.25, -0.2) is 0 Å². The molecule has 0 saturated carbocycles. The number of nitrogens with zero attached hydrogens (tertiary/aromatic N) is 1. The molecule has 25 heavy (non-hydrogen) atoms. The Labute approximate surface area is 163 Å². The van der Waals surface area contributed by atoms with Crippen LogP contribution in [0.4, 0.5) is 0 Å². The summed E-state index contributed by atoms with van der Waals surface area (Å²) < 4.78 is 6.38. The van der Waals surface area contributed by atoms with E-state index in [2.05, 4.69) is 44.4 Å². The fourth-order valence-electron chi connectivity index (χ4n) is 2.90. The topological polar surface area (TPSA) is 12.5 Å². The second kappa shape index (κ2) is 20.6. The number of hydrogen-bond donors (Lipinski definition) is 0. The summed E-state index contributed by atoms with van der Waals surface area (Å²) in [6.45, 7) is 12.4. The Hall–Kier alpha value is 0.270. The Bertz CT molecular complexity index is 242. The first kappa shape index (κ1) is 25.3. The number of hydrogen-bond acceptors (Lipinski definition) is 3. The van der Waals surface area contributed by atoms with Gasteiger partial charge in [-0.1, -0.05) is 79.1 Å². The van der Waals surface area contributed by atoms with Gasteiger partial charge in [0.25, 0.3) is 0 Å². The van der Waals surface area contributed by atoms with Crippen molar-refractivity contribution in [3.05, 3.63) is 0 Å². The zero-order valence-corrected chi connectivity index (χ0v) is 18.7. The molecule has 0 aromatic carbocycles. The standard InChI is InChI=1S/C22H47NOS/c1-5-9-13-15-19-25-20-22(16-14-10-6-2)24-21-23(17-11-7-3)18-12-8-4/h22H,5-21H2,1-4H3. The molecule has 0 aliphatic heterocycles. The van der Waals surface area contributed by atoms with Gasteiger partial charge in [0, 0.05) is 18.8 Å². The first-order valence-electron chi connectivity index (χ1n) is 11.2. The average molecular weight is 374 g/mol. The molecule has 0 rings (SSSR count). The molecule has 0 amide bonds. The third kappa shape index (κ3) is 17.4. The SMILES string of the molecule is CCCCCCSCC(CCCCC)OCN(CCCC)CCCC. The van der Waals surface area contributed by atoms with Gasteiger partial charge in [-0.3, -0.25) is 4.90 Å². The van der Waals surface area contributed by atoms with Gasteiger partial charge in [0.1, 0.15) is 0 Å². The van der Waals surface area contributed by atoms with E-state index in [-0.39, 0.29) is 0 Å². The van der Waals surface area contributed by atoms with Crippen molar-refractivity contribution in [3.63, 3.8) is 0 Å². The van der Waals surface area contributed by atoms with Gasteiger partial charge in [-0.15, -0.1) is 0 Å². The van der Waals surface area contributed by atoms with Crippen LogP contribution in [-0.2, 0) is 4.74 Å². The molecule has 0 bridgehead atoms. The number of ether oxygens (including phenoxy) is 1. The first-order chi connectivity index (χ1) is 12.3. The predicted octanol–water partition coefficient (Wildman–Crippen LogP) is 7.13. The molecule has 0 aromatic rings. The minimum atomic E-state index is 0.452. The molecule has 1 atom stereocenters. The van der Waals surface area contributed by atoms with Crippen LogP contribution in [0.5, 0.6) is 0 Å². The van der Waals surface area contributed by atoms with E-state index in [1.54, 1.807) is 0 Å². The van der Waals surface area contributed by atoms with Crippen molar-refractivity contribution in [2.24, 2.45) is 0 Å². The highest BCUT2D eigenvalue weighted by atomic mass is 32.2. The molecule has 3 heteroatoms. The lowest BCUT2D eigenvalue weighted by molar-refractivity contribution is -0.0174. The highest BCUT2D eigenvalue weighted by Crippen LogP contribution is 2.16. The van der Waals surface area contributed by atoms with E-state index in [1.807, 2.05) is 0 Å². The molecule has 152 valence electrons. The molecule has 0 aromatic heterocycles. The van der Waals surface area contributed by atoms with Crippen molar-refractivity contribution in [2.75, 3.05) is 31.3 Å². The first-order valence-corrected chi connectivity index (χ1v) is 12.4. The predicted molar refractivity (Wildman–Crippen MR) is 117 cm³/mol. The zero-order valence-electron chi connectivity index (χ0n) is 17.9. The van der Waals surface area contributed by atoms with Crippen LogP contribution in [-0.4, -0.2) is 42.3 Å². The average Bonchev–Trinajstić information content (AvgIpc) is 2.63. The van der Waals surface area contributed by atoms with Gasteiger partial charge in [-0.05, 0) is 31.4 Å². The summed E-state index contributed by atoms with van der Waals surface area (Å²) in [7, 11) is 0. The minimum Gasteiger partial charge on any atom is -0.362 e. The lowest BCUT2D eigenvalue weighted by Crippen LogP contribution is -2.32. The Kier molecular flexibility index (Phi) is 20.8. The van der Waals surface area contributed by atoms with Crippen LogP contribution in [0.1, 0.15) is 105 Å². The smallest absolute Gasteiger partial charge is 0.0994 e. The van der Waals surface area contributed by atoms with E-state index in [0.717, 1.165) is 6.73 Å². The lowest BCUT2D eigenvalue weighted by Gasteiger charge is -2.25. The summed E-state index contributed by atoms with van der Waals surface area (Å²) in [5.74, 6) is 2.49. The molecule has 0 heterocycles. The maximum atomic E-state index is 6.38. The van der Waals surface area contributed by atoms with Crippen LogP contribution >= 0.6 is 11.8 Å². The maximum Gasteiger partial charge on any atom is 0.0994 e. The fourth-order valence-corrected chi connectivity index (χ4v) is 4.00. The molecule has 0 fully saturated rings. The van der Waals surface area contributed by atoms with Crippen LogP contribution in [0.3, 0.4) is 0 Å². The second-order valence-corrected chi connectivity index (χ2v) is 8.52. The van der Waals surface area contributed by atoms with Crippen LogP contribution in [0.2, 0.25) is 0 Å². The molecular formula is C22H47NOS. The Morgan fingerprint density at radius 1 is 0.720 bits per heavy atom. The summed E-state index contributed by atoms with van der Waals surface area (Å²) in [6, 6.07) is 0. The van der Waals surface area contributed by atoms with Gasteiger partial charge < -0.3 is 4.74 Å². The highest BCUT2D eigenvalue weighted by molar-refractivity contribution is 7.99. The van der Waals surface area contributed by atoms with E-state index in [1.165, 1.54) is 102 Å². The monoisotopic (exact) mass is 373 g/mol. The van der Waals surface area contributed by atoms with Crippen LogP contribution in [0.25, 0.3) is 0 Å². The van der Waals surface area contributed by atoms with Crippen molar-refractivity contribution in [1.82, 2.24) is 4.90 Å². The van der Waals surface area contributed by atoms with E-state index >= 15 is 0 Å². The number of thioether (sulfide) groups is 1. The van der Waals surface area contributed by atoms with Crippen LogP contribution < -0.4 is 0 Å². The second-order valence-electron chi connectivity index (χ2n) is 7.37. The zero-order chi connectivity index (χ0) is 18.6. The van der Waals surface area contributed by atoms with E-state index in [9.17, 15) is 0 Å². The Morgan fingerprint density at radius 3 is 1.92 bits per heavy atom. The van der Waals surface area contributed by atoms with Crippen molar-refractivity contribution in [3.8, 4) is 0 Å². The molecule has 2 nitrogen and oxygen atoms in total. The van der Waals surface area contributed by atoms with E-state index in [0.29, 0.717) is 6.10 Å². The molecule has 1 unspecified atom stereocenters. The number of unbranched alkanes of at least 4 members (excludes halogenated alkanes) is 7. The van der Waals surface area contributed by atoms with Gasteiger partial charge in [0.2, 0.25) is 0 Å². The van der Waals surface area contributed by atoms with Gasteiger partial charge in [0.15, 0.2) is 0 Å². The molecule has 0 aliphatic rings. The molecule has 0 radical (unpaired) electrons. The molecule has 0 saturated heterocycles. The molecule has 0 N–H and O–H groups in total. The Morgan fingerprint density at radius 2 is 1.32 bits per heavy atom. The van der Waals surface area contributed by atoms with Gasteiger partial charge >= 0.3 is 0 Å².